The first kappa shape index (κ1) is 21.6. The van der Waals surface area contributed by atoms with Gasteiger partial charge < -0.3 is 0 Å². The number of thiocarbonyl (C=S) groups is 1. The average molecular weight is 500 g/mol. The van der Waals surface area contributed by atoms with E-state index in [0.717, 1.165) is 0 Å². The van der Waals surface area contributed by atoms with Crippen molar-refractivity contribution in [2.75, 3.05) is 13.1 Å². The molecular weight excluding hydrogens is 486 g/mol. The molecule has 2 aromatic carbocycles. The summed E-state index contributed by atoms with van der Waals surface area (Å²) in [5.41, 5.74) is 2.74. The van der Waals surface area contributed by atoms with Crippen LogP contribution in [0.5, 0.6) is 0 Å². The second kappa shape index (κ2) is 7.81. The Morgan fingerprint density at radius 1 is 0.733 bits per heavy atom. The predicted molar refractivity (Wildman–Crippen MR) is 125 cm³/mol. The highest BCUT2D eigenvalue weighted by molar-refractivity contribution is 7.80. The summed E-state index contributed by atoms with van der Waals surface area (Å²) in [6.45, 7) is 4.25. The normalized spacial score (nSPS) is 15.9. The number of fused-ring (bicyclic) bond motifs is 3. The zero-order valence-electron chi connectivity index (χ0n) is 15.9. The average Bonchev–Trinajstić information content (AvgIpc) is 2.97. The Bertz CT molecular complexity index is 1100. The van der Waals surface area contributed by atoms with Crippen LogP contribution in [0.3, 0.4) is 0 Å². The Morgan fingerprint density at radius 3 is 1.50 bits per heavy atom. The third-order valence-electron chi connectivity index (χ3n) is 5.16. The maximum absolute atomic E-state index is 13.4. The van der Waals surface area contributed by atoms with Crippen molar-refractivity contribution in [1.82, 2.24) is 9.80 Å². The summed E-state index contributed by atoms with van der Waals surface area (Å²) in [5, 5.41) is 1.66. The van der Waals surface area contributed by atoms with Crippen molar-refractivity contribution < 1.29 is 9.59 Å². The van der Waals surface area contributed by atoms with Crippen molar-refractivity contribution in [1.29, 1.82) is 0 Å². The molecule has 1 aliphatic carbocycles. The first-order valence-corrected chi connectivity index (χ1v) is 11.0. The molecule has 30 heavy (non-hydrogen) atoms. The minimum atomic E-state index is -0.474. The summed E-state index contributed by atoms with van der Waals surface area (Å²) in [6, 6.07) is 6.55. The fourth-order valence-electron chi connectivity index (χ4n) is 3.92. The molecule has 4 rings (SSSR count). The lowest BCUT2D eigenvalue weighted by atomic mass is 9.95. The maximum Gasteiger partial charge on any atom is 0.266 e. The van der Waals surface area contributed by atoms with E-state index in [1.807, 2.05) is 0 Å². The van der Waals surface area contributed by atoms with Crippen LogP contribution >= 0.6 is 58.6 Å². The number of nitrogens with zero attached hydrogens (tertiary/aromatic N) is 2. The number of rotatable bonds is 2. The van der Waals surface area contributed by atoms with Gasteiger partial charge in [0.05, 0.1) is 10.0 Å². The van der Waals surface area contributed by atoms with E-state index in [1.54, 1.807) is 38.1 Å². The predicted octanol–water partition coefficient (Wildman–Crippen LogP) is 6.08. The Balaban J connectivity index is 2.15. The summed E-state index contributed by atoms with van der Waals surface area (Å²) in [4.78, 5) is 29.6. The van der Waals surface area contributed by atoms with Crippen LogP contribution in [0.2, 0.25) is 20.1 Å². The van der Waals surface area contributed by atoms with Crippen molar-refractivity contribution in [3.8, 4) is 11.1 Å². The molecule has 0 radical (unpaired) electrons. The molecule has 1 saturated heterocycles. The molecule has 1 heterocycles. The van der Waals surface area contributed by atoms with E-state index >= 15 is 0 Å². The lowest BCUT2D eigenvalue weighted by Crippen LogP contribution is -2.56. The molecule has 1 aliphatic heterocycles. The van der Waals surface area contributed by atoms with Crippen LogP contribution in [0.4, 0.5) is 0 Å². The topological polar surface area (TPSA) is 40.6 Å². The summed E-state index contributed by atoms with van der Waals surface area (Å²) in [6.07, 6.45) is 0. The van der Waals surface area contributed by atoms with Gasteiger partial charge in [-0.2, -0.15) is 0 Å². The van der Waals surface area contributed by atoms with Crippen molar-refractivity contribution in [2.45, 2.75) is 13.8 Å². The van der Waals surface area contributed by atoms with E-state index in [1.165, 1.54) is 9.80 Å². The monoisotopic (exact) mass is 498 g/mol. The number of hydrogen-bond acceptors (Lipinski definition) is 3. The quantitative estimate of drug-likeness (QED) is 0.244. The molecule has 0 atom stereocenters. The van der Waals surface area contributed by atoms with E-state index in [9.17, 15) is 9.59 Å². The van der Waals surface area contributed by atoms with Gasteiger partial charge in [0.15, 0.2) is 5.11 Å². The summed E-state index contributed by atoms with van der Waals surface area (Å²) in [5.74, 6) is -0.948. The van der Waals surface area contributed by atoms with Crippen LogP contribution in [-0.2, 0) is 9.59 Å². The minimum absolute atomic E-state index is 0.0102. The molecule has 0 N–H and O–H groups in total. The van der Waals surface area contributed by atoms with Crippen LogP contribution < -0.4 is 0 Å². The fraction of sp³-hybridized carbons (Fsp3) is 0.190. The molecule has 0 unspecified atom stereocenters. The third-order valence-corrected chi connectivity index (χ3v) is 6.63. The Kier molecular flexibility index (Phi) is 5.62. The minimum Gasteiger partial charge on any atom is -0.285 e. The zero-order chi connectivity index (χ0) is 21.9. The lowest BCUT2D eigenvalue weighted by molar-refractivity contribution is -0.133. The Hall–Kier alpha value is -1.63. The number of benzene rings is 2. The molecule has 0 aromatic heterocycles. The SMILES string of the molecule is CCN1C(=O)C(=C2c3cc(Cl)cc(Cl)c3-c3c(Cl)cc(Cl)cc32)C(=O)N(CC)C1=S. The van der Waals surface area contributed by atoms with Crippen LogP contribution in [-0.4, -0.2) is 39.8 Å². The lowest BCUT2D eigenvalue weighted by Gasteiger charge is -2.36. The molecule has 2 aliphatic rings. The number of carbonyl (C=O) groups excluding carboxylic acids is 2. The van der Waals surface area contributed by atoms with Crippen LogP contribution in [0.25, 0.3) is 16.7 Å². The van der Waals surface area contributed by atoms with Crippen molar-refractivity contribution in [3.63, 3.8) is 0 Å². The first-order valence-electron chi connectivity index (χ1n) is 9.12. The number of carbonyl (C=O) groups is 2. The van der Waals surface area contributed by atoms with E-state index in [-0.39, 0.29) is 10.7 Å². The standard InChI is InChI=1S/C21H14Cl4N2O2S/c1-3-26-19(28)18(20(29)27(4-2)21(26)30)15-11-5-9(22)7-13(24)16(11)17-12(15)6-10(23)8-14(17)25/h5-8H,3-4H2,1-2H3. The third kappa shape index (κ3) is 3.07. The Labute approximate surface area is 198 Å². The second-order valence-corrected chi connectivity index (χ2v) is 8.80. The smallest absolute Gasteiger partial charge is 0.266 e. The molecular formula is C21H14Cl4N2O2S. The van der Waals surface area contributed by atoms with Gasteiger partial charge in [0, 0.05) is 39.8 Å². The van der Waals surface area contributed by atoms with Crippen LogP contribution in [0.15, 0.2) is 29.8 Å². The highest BCUT2D eigenvalue weighted by Crippen LogP contribution is 2.53. The van der Waals surface area contributed by atoms with Gasteiger partial charge in [0.1, 0.15) is 5.57 Å². The van der Waals surface area contributed by atoms with Gasteiger partial charge in [-0.05, 0) is 61.5 Å². The van der Waals surface area contributed by atoms with Gasteiger partial charge in [0.25, 0.3) is 11.8 Å². The molecule has 0 spiro atoms. The zero-order valence-corrected chi connectivity index (χ0v) is 19.7. The molecule has 9 heteroatoms. The van der Waals surface area contributed by atoms with Gasteiger partial charge in [0.2, 0.25) is 0 Å². The first-order chi connectivity index (χ1) is 14.2. The summed E-state index contributed by atoms with van der Waals surface area (Å²) >= 11 is 31.0. The highest BCUT2D eigenvalue weighted by Gasteiger charge is 2.43. The highest BCUT2D eigenvalue weighted by atomic mass is 35.5. The van der Waals surface area contributed by atoms with E-state index in [0.29, 0.717) is 61.0 Å². The van der Waals surface area contributed by atoms with Crippen molar-refractivity contribution >= 4 is 81.1 Å². The number of halogens is 4. The molecule has 0 bridgehead atoms. The number of hydrogen-bond donors (Lipinski definition) is 0. The van der Waals surface area contributed by atoms with E-state index in [4.69, 9.17) is 58.6 Å². The van der Waals surface area contributed by atoms with Crippen molar-refractivity contribution in [3.05, 3.63) is 61.1 Å². The summed E-state index contributed by atoms with van der Waals surface area (Å²) < 4.78 is 0. The fourth-order valence-corrected chi connectivity index (χ4v) is 5.52. The maximum atomic E-state index is 13.4. The summed E-state index contributed by atoms with van der Waals surface area (Å²) in [7, 11) is 0. The van der Waals surface area contributed by atoms with Gasteiger partial charge in [-0.3, -0.25) is 19.4 Å². The molecule has 1 fully saturated rings. The van der Waals surface area contributed by atoms with E-state index < -0.39 is 11.8 Å². The van der Waals surface area contributed by atoms with Gasteiger partial charge in [-0.25, -0.2) is 0 Å². The van der Waals surface area contributed by atoms with Crippen molar-refractivity contribution in [2.24, 2.45) is 0 Å². The van der Waals surface area contributed by atoms with Crippen LogP contribution in [0, 0.1) is 0 Å². The second-order valence-electron chi connectivity index (χ2n) is 6.75. The van der Waals surface area contributed by atoms with E-state index in [2.05, 4.69) is 0 Å². The Morgan fingerprint density at radius 2 is 1.13 bits per heavy atom. The molecule has 2 amide bonds. The van der Waals surface area contributed by atoms with Crippen LogP contribution in [0.1, 0.15) is 25.0 Å². The number of likely N-dealkylation sites (N-methyl/N-ethyl adjacent to an activating group) is 2. The van der Waals surface area contributed by atoms with Gasteiger partial charge in [-0.1, -0.05) is 46.4 Å². The molecule has 154 valence electrons. The largest absolute Gasteiger partial charge is 0.285 e. The van der Waals surface area contributed by atoms with Gasteiger partial charge >= 0.3 is 0 Å². The van der Waals surface area contributed by atoms with Gasteiger partial charge in [-0.15, -0.1) is 0 Å². The number of amides is 2. The molecule has 2 aromatic rings. The molecule has 0 saturated carbocycles. The molecule has 4 nitrogen and oxygen atoms in total.